The van der Waals surface area contributed by atoms with E-state index in [1.54, 1.807) is 63.4 Å². The van der Waals surface area contributed by atoms with Crippen LogP contribution in [0.5, 0.6) is 23.0 Å². The van der Waals surface area contributed by atoms with Gasteiger partial charge in [0.1, 0.15) is 6.61 Å². The van der Waals surface area contributed by atoms with Gasteiger partial charge in [0.05, 0.1) is 49.3 Å². The first-order valence-electron chi connectivity index (χ1n) is 14.4. The topological polar surface area (TPSA) is 97.6 Å². The van der Waals surface area contributed by atoms with Crippen molar-refractivity contribution in [3.05, 3.63) is 112 Å². The van der Waals surface area contributed by atoms with E-state index in [4.69, 9.17) is 46.9 Å². The van der Waals surface area contributed by atoms with E-state index in [1.807, 2.05) is 25.1 Å². The second-order valence-electron chi connectivity index (χ2n) is 10.1. The Hall–Kier alpha value is -4.25. The average Bonchev–Trinajstić information content (AvgIpc) is 3.34. The third-order valence-corrected chi connectivity index (χ3v) is 8.77. The Morgan fingerprint density at radius 1 is 0.935 bits per heavy atom. The van der Waals surface area contributed by atoms with E-state index in [9.17, 15) is 9.59 Å². The van der Waals surface area contributed by atoms with Gasteiger partial charge in [-0.2, -0.15) is 0 Å². The highest BCUT2D eigenvalue weighted by molar-refractivity contribution is 7.07. The van der Waals surface area contributed by atoms with Crippen molar-refractivity contribution in [3.63, 3.8) is 0 Å². The number of esters is 1. The first-order valence-corrected chi connectivity index (χ1v) is 16.0. The number of rotatable bonds is 11. The second-order valence-corrected chi connectivity index (χ2v) is 11.9. The molecule has 2 heterocycles. The van der Waals surface area contributed by atoms with Crippen molar-refractivity contribution in [2.24, 2.45) is 4.99 Å². The lowest BCUT2D eigenvalue weighted by molar-refractivity contribution is -0.139. The number of methoxy groups -OCH3 is 2. The van der Waals surface area contributed by atoms with Gasteiger partial charge in [-0.1, -0.05) is 52.7 Å². The van der Waals surface area contributed by atoms with Crippen molar-refractivity contribution >= 4 is 46.6 Å². The van der Waals surface area contributed by atoms with Crippen LogP contribution in [0.15, 0.2) is 75.7 Å². The van der Waals surface area contributed by atoms with Gasteiger partial charge in [-0.15, -0.1) is 0 Å². The number of benzene rings is 3. The van der Waals surface area contributed by atoms with Crippen molar-refractivity contribution in [1.29, 1.82) is 0 Å². The number of allylic oxidation sites excluding steroid dienone is 1. The molecule has 9 nitrogen and oxygen atoms in total. The predicted molar refractivity (Wildman–Crippen MR) is 178 cm³/mol. The molecule has 240 valence electrons. The van der Waals surface area contributed by atoms with Crippen LogP contribution in [0.1, 0.15) is 43.5 Å². The summed E-state index contributed by atoms with van der Waals surface area (Å²) in [5.74, 6) is 1.47. The van der Waals surface area contributed by atoms with Gasteiger partial charge in [0.15, 0.2) is 27.8 Å². The number of aromatic nitrogens is 1. The molecule has 46 heavy (non-hydrogen) atoms. The Bertz CT molecular complexity index is 2000. The molecule has 1 aliphatic heterocycles. The minimum atomic E-state index is -0.799. The van der Waals surface area contributed by atoms with Gasteiger partial charge in [0, 0.05) is 15.6 Å². The largest absolute Gasteiger partial charge is 0.493 e. The van der Waals surface area contributed by atoms with Gasteiger partial charge < -0.3 is 23.7 Å². The first kappa shape index (κ1) is 33.1. The van der Waals surface area contributed by atoms with Crippen molar-refractivity contribution in [3.8, 4) is 23.0 Å². The van der Waals surface area contributed by atoms with E-state index < -0.39 is 12.0 Å². The molecule has 0 aliphatic carbocycles. The first-order chi connectivity index (χ1) is 22.2. The van der Waals surface area contributed by atoms with Gasteiger partial charge >= 0.3 is 5.97 Å². The molecule has 0 fully saturated rings. The number of hydrogen-bond donors (Lipinski definition) is 0. The molecule has 12 heteroatoms. The summed E-state index contributed by atoms with van der Waals surface area (Å²) in [5, 5.41) is 1.05. The summed E-state index contributed by atoms with van der Waals surface area (Å²) >= 11 is 13.6. The van der Waals surface area contributed by atoms with Crippen LogP contribution in [0.2, 0.25) is 10.0 Å². The number of thiazole rings is 1. The Labute approximate surface area is 279 Å². The molecule has 4 aromatic rings. The zero-order valence-electron chi connectivity index (χ0n) is 25.9. The number of halogens is 2. The standard InChI is InChI=1S/C34H32Cl2N2O7S/c1-6-43-28-14-20(8-12-26(28)45-18-22-9-11-23(35)17-24(22)36)15-29-32(39)38-31(21-10-13-25(41-4)27(16-21)42-5)30(33(40)44-7-2)19(3)37-34(38)46-29/h8-17,31H,6-7,18H2,1-5H3/b29-15+/t31-/m1/s1. The molecule has 3 aromatic carbocycles. The Morgan fingerprint density at radius 3 is 2.39 bits per heavy atom. The Kier molecular flexibility index (Phi) is 10.4. The molecule has 0 unspecified atom stereocenters. The van der Waals surface area contributed by atoms with E-state index in [0.717, 1.165) is 11.1 Å². The monoisotopic (exact) mass is 682 g/mol. The molecule has 0 saturated carbocycles. The van der Waals surface area contributed by atoms with Gasteiger partial charge in [-0.25, -0.2) is 9.79 Å². The molecule has 0 saturated heterocycles. The summed E-state index contributed by atoms with van der Waals surface area (Å²) in [6.07, 6.45) is 1.77. The number of ether oxygens (including phenoxy) is 5. The molecular weight excluding hydrogens is 651 g/mol. The lowest BCUT2D eigenvalue weighted by atomic mass is 9.95. The van der Waals surface area contributed by atoms with Crippen LogP contribution < -0.4 is 33.8 Å². The van der Waals surface area contributed by atoms with Crippen LogP contribution in [0.3, 0.4) is 0 Å². The zero-order chi connectivity index (χ0) is 33.0. The Balaban J connectivity index is 1.57. The fourth-order valence-electron chi connectivity index (χ4n) is 5.08. The van der Waals surface area contributed by atoms with E-state index >= 15 is 0 Å². The van der Waals surface area contributed by atoms with Crippen LogP contribution >= 0.6 is 34.5 Å². The minimum absolute atomic E-state index is 0.174. The fourth-order valence-corrected chi connectivity index (χ4v) is 6.59. The summed E-state index contributed by atoms with van der Waals surface area (Å²) in [6.45, 7) is 6.14. The zero-order valence-corrected chi connectivity index (χ0v) is 28.2. The normalized spacial score (nSPS) is 14.4. The molecule has 5 rings (SSSR count). The van der Waals surface area contributed by atoms with Gasteiger partial charge in [-0.05, 0) is 74.4 Å². The van der Waals surface area contributed by atoms with Crippen molar-refractivity contribution < 1.29 is 28.5 Å². The predicted octanol–water partition coefficient (Wildman–Crippen LogP) is 6.10. The SMILES string of the molecule is CCOC(=O)C1=C(C)N=c2s/c(=C/c3ccc(OCc4ccc(Cl)cc4Cl)c(OCC)c3)c(=O)n2[C@@H]1c1ccc(OC)c(OC)c1. The summed E-state index contributed by atoms with van der Waals surface area (Å²) in [5.41, 5.74) is 2.56. The van der Waals surface area contributed by atoms with Crippen molar-refractivity contribution in [2.45, 2.75) is 33.4 Å². The molecule has 0 N–H and O–H groups in total. The fraction of sp³-hybridized carbons (Fsp3) is 0.265. The highest BCUT2D eigenvalue weighted by Gasteiger charge is 2.34. The molecule has 1 aliphatic rings. The summed E-state index contributed by atoms with van der Waals surface area (Å²) in [7, 11) is 3.07. The van der Waals surface area contributed by atoms with Crippen LogP contribution in [0.4, 0.5) is 0 Å². The maximum absolute atomic E-state index is 14.1. The maximum atomic E-state index is 14.1. The van der Waals surface area contributed by atoms with Crippen molar-refractivity contribution in [2.75, 3.05) is 27.4 Å². The van der Waals surface area contributed by atoms with E-state index in [1.165, 1.54) is 23.0 Å². The van der Waals surface area contributed by atoms with Gasteiger partial charge in [0.25, 0.3) is 5.56 Å². The smallest absolute Gasteiger partial charge is 0.338 e. The van der Waals surface area contributed by atoms with E-state index in [2.05, 4.69) is 4.99 Å². The number of hydrogen-bond acceptors (Lipinski definition) is 9. The second kappa shape index (κ2) is 14.5. The summed E-state index contributed by atoms with van der Waals surface area (Å²) in [6, 6.07) is 15.1. The van der Waals surface area contributed by atoms with E-state index in [0.29, 0.717) is 60.2 Å². The van der Waals surface area contributed by atoms with Gasteiger partial charge in [0.2, 0.25) is 0 Å². The summed E-state index contributed by atoms with van der Waals surface area (Å²) < 4.78 is 30.2. The van der Waals surface area contributed by atoms with Crippen LogP contribution in [0, 0.1) is 0 Å². The highest BCUT2D eigenvalue weighted by Crippen LogP contribution is 2.36. The van der Waals surface area contributed by atoms with E-state index in [-0.39, 0.29) is 24.3 Å². The lowest BCUT2D eigenvalue weighted by Gasteiger charge is -2.25. The molecule has 0 radical (unpaired) electrons. The lowest BCUT2D eigenvalue weighted by Crippen LogP contribution is -2.39. The summed E-state index contributed by atoms with van der Waals surface area (Å²) in [4.78, 5) is 32.4. The molecule has 0 bridgehead atoms. The van der Waals surface area contributed by atoms with Gasteiger partial charge in [-0.3, -0.25) is 9.36 Å². The highest BCUT2D eigenvalue weighted by atomic mass is 35.5. The molecule has 0 spiro atoms. The molecular formula is C34H32Cl2N2O7S. The molecule has 1 atom stereocenters. The minimum Gasteiger partial charge on any atom is -0.493 e. The number of fused-ring (bicyclic) bond motifs is 1. The Morgan fingerprint density at radius 2 is 1.70 bits per heavy atom. The third kappa shape index (κ3) is 6.79. The van der Waals surface area contributed by atoms with Crippen LogP contribution in [-0.4, -0.2) is 38.0 Å². The quantitative estimate of drug-likeness (QED) is 0.176. The maximum Gasteiger partial charge on any atom is 0.338 e. The number of nitrogens with zero attached hydrogens (tertiary/aromatic N) is 2. The molecule has 0 amide bonds. The average molecular weight is 684 g/mol. The number of carbonyl (C=O) groups is 1. The van der Waals surface area contributed by atoms with Crippen LogP contribution in [0.25, 0.3) is 6.08 Å². The third-order valence-electron chi connectivity index (χ3n) is 7.20. The van der Waals surface area contributed by atoms with Crippen LogP contribution in [-0.2, 0) is 16.1 Å². The molecule has 1 aromatic heterocycles. The van der Waals surface area contributed by atoms with Crippen molar-refractivity contribution in [1.82, 2.24) is 4.57 Å². The number of carbonyl (C=O) groups excluding carboxylic acids is 1.